The predicted molar refractivity (Wildman–Crippen MR) is 162 cm³/mol. The predicted octanol–water partition coefficient (Wildman–Crippen LogP) is 6.56. The van der Waals surface area contributed by atoms with Gasteiger partial charge in [-0.15, -0.1) is 0 Å². The number of pyridine rings is 1. The molecule has 3 fully saturated rings. The summed E-state index contributed by atoms with van der Waals surface area (Å²) in [4.78, 5) is 59.5. The van der Waals surface area contributed by atoms with E-state index in [4.69, 9.17) is 9.72 Å². The number of aryl methyl sites for hydroxylation is 1. The van der Waals surface area contributed by atoms with Crippen LogP contribution in [0.3, 0.4) is 0 Å². The molecule has 2 saturated carbocycles. The zero-order valence-electron chi connectivity index (χ0n) is 24.2. The summed E-state index contributed by atoms with van der Waals surface area (Å²) in [6.45, 7) is 3.75. The maximum absolute atomic E-state index is 13.6. The molecule has 3 aromatic carbocycles. The van der Waals surface area contributed by atoms with Gasteiger partial charge in [0.25, 0.3) is 0 Å². The normalized spacial score (nSPS) is 23.1. The lowest BCUT2D eigenvalue weighted by Gasteiger charge is -2.19. The van der Waals surface area contributed by atoms with Crippen LogP contribution in [0.25, 0.3) is 22.2 Å². The molecule has 7 nitrogen and oxygen atoms in total. The minimum atomic E-state index is -0.920. The van der Waals surface area contributed by atoms with Gasteiger partial charge in [0.15, 0.2) is 6.10 Å². The fraction of sp³-hybridized carbons (Fsp3) is 0.306. The van der Waals surface area contributed by atoms with Gasteiger partial charge in [-0.25, -0.2) is 9.78 Å². The average molecular weight is 573 g/mol. The van der Waals surface area contributed by atoms with Crippen molar-refractivity contribution in [3.05, 3.63) is 95.6 Å². The molecule has 1 aromatic heterocycles. The molecule has 3 aliphatic rings. The zero-order valence-corrected chi connectivity index (χ0v) is 24.2. The fourth-order valence-electron chi connectivity index (χ4n) is 7.40. The number of ketones is 1. The number of anilines is 1. The second-order valence-electron chi connectivity index (χ2n) is 12.1. The van der Waals surface area contributed by atoms with E-state index in [1.807, 2.05) is 50.2 Å². The summed E-state index contributed by atoms with van der Waals surface area (Å²) in [5, 5.41) is 0.641. The summed E-state index contributed by atoms with van der Waals surface area (Å²) in [5.41, 5.74) is 4.23. The lowest BCUT2D eigenvalue weighted by molar-refractivity contribution is -0.123. The third kappa shape index (κ3) is 4.54. The minimum absolute atomic E-state index is 0.0743. The summed E-state index contributed by atoms with van der Waals surface area (Å²) < 4.78 is 5.81. The lowest BCUT2D eigenvalue weighted by Crippen LogP contribution is -2.32. The molecule has 2 amide bonds. The second-order valence-corrected chi connectivity index (χ2v) is 12.1. The Kier molecular flexibility index (Phi) is 6.68. The Morgan fingerprint density at radius 1 is 0.907 bits per heavy atom. The molecule has 0 spiro atoms. The number of fused-ring (bicyclic) bond motifs is 6. The van der Waals surface area contributed by atoms with Crippen LogP contribution in [0.2, 0.25) is 0 Å². The van der Waals surface area contributed by atoms with E-state index in [1.54, 1.807) is 42.5 Å². The third-order valence-electron chi connectivity index (χ3n) is 9.50. The number of ether oxygens (including phenoxy) is 1. The van der Waals surface area contributed by atoms with Gasteiger partial charge < -0.3 is 4.74 Å². The first-order valence-electron chi connectivity index (χ1n) is 15.0. The van der Waals surface area contributed by atoms with Gasteiger partial charge in [-0.05, 0) is 74.8 Å². The van der Waals surface area contributed by atoms with E-state index in [2.05, 4.69) is 0 Å². The van der Waals surface area contributed by atoms with E-state index in [0.29, 0.717) is 51.7 Å². The van der Waals surface area contributed by atoms with Crippen molar-refractivity contribution in [2.24, 2.45) is 23.7 Å². The largest absolute Gasteiger partial charge is 0.450 e. The number of amides is 2. The van der Waals surface area contributed by atoms with Crippen LogP contribution < -0.4 is 4.90 Å². The van der Waals surface area contributed by atoms with E-state index in [-0.39, 0.29) is 29.4 Å². The first-order valence-corrected chi connectivity index (χ1v) is 15.0. The van der Waals surface area contributed by atoms with Gasteiger partial charge in [-0.1, -0.05) is 61.0 Å². The summed E-state index contributed by atoms with van der Waals surface area (Å²) in [6, 6.07) is 23.4. The highest BCUT2D eigenvalue weighted by Gasteiger charge is 2.61. The first-order chi connectivity index (χ1) is 20.8. The van der Waals surface area contributed by atoms with Crippen LogP contribution in [0.15, 0.2) is 78.9 Å². The molecule has 0 unspecified atom stereocenters. The topological polar surface area (TPSA) is 93.6 Å². The highest BCUT2D eigenvalue weighted by molar-refractivity contribution is 6.22. The minimum Gasteiger partial charge on any atom is -0.450 e. The van der Waals surface area contributed by atoms with Crippen molar-refractivity contribution in [1.29, 1.82) is 0 Å². The number of Topliss-reactive ketones (excluding diaryl/α,β-unsaturated/α-hetero) is 1. The van der Waals surface area contributed by atoms with Crippen LogP contribution in [0.1, 0.15) is 58.9 Å². The molecule has 7 heteroatoms. The van der Waals surface area contributed by atoms with Crippen LogP contribution in [-0.4, -0.2) is 34.7 Å². The number of hydrogen-bond acceptors (Lipinski definition) is 6. The molecule has 216 valence electrons. The number of carbonyl (C=O) groups excluding carboxylic acids is 4. The Morgan fingerprint density at radius 2 is 1.58 bits per heavy atom. The molecule has 2 aliphatic carbocycles. The van der Waals surface area contributed by atoms with Crippen LogP contribution in [0.4, 0.5) is 5.69 Å². The van der Waals surface area contributed by atoms with Gasteiger partial charge >= 0.3 is 5.97 Å². The molecule has 4 aromatic rings. The Balaban J connectivity index is 1.19. The molecular formula is C36H32N2O5. The van der Waals surface area contributed by atoms with Crippen molar-refractivity contribution in [3.63, 3.8) is 0 Å². The van der Waals surface area contributed by atoms with Gasteiger partial charge in [0.2, 0.25) is 17.6 Å². The lowest BCUT2D eigenvalue weighted by atomic mass is 9.81. The van der Waals surface area contributed by atoms with Gasteiger partial charge in [0.1, 0.15) is 0 Å². The summed E-state index contributed by atoms with van der Waals surface area (Å²) in [6.07, 6.45) is 2.49. The van der Waals surface area contributed by atoms with Crippen molar-refractivity contribution in [2.45, 2.75) is 45.6 Å². The highest BCUT2D eigenvalue weighted by atomic mass is 16.5. The summed E-state index contributed by atoms with van der Waals surface area (Å²) >= 11 is 0. The van der Waals surface area contributed by atoms with E-state index in [1.165, 1.54) is 4.90 Å². The van der Waals surface area contributed by atoms with Gasteiger partial charge in [0.05, 0.1) is 34.3 Å². The highest BCUT2D eigenvalue weighted by Crippen LogP contribution is 2.56. The van der Waals surface area contributed by atoms with Gasteiger partial charge in [0, 0.05) is 16.5 Å². The maximum Gasteiger partial charge on any atom is 0.339 e. The number of hydrogen-bond donors (Lipinski definition) is 0. The van der Waals surface area contributed by atoms with Crippen molar-refractivity contribution in [1.82, 2.24) is 4.98 Å². The molecule has 1 saturated heterocycles. The number of esters is 1. The number of benzene rings is 3. The quantitative estimate of drug-likeness (QED) is 0.141. The number of imide groups is 1. The van der Waals surface area contributed by atoms with E-state index >= 15 is 0 Å². The van der Waals surface area contributed by atoms with Crippen molar-refractivity contribution < 1.29 is 23.9 Å². The number of carbonyl (C=O) groups is 4. The van der Waals surface area contributed by atoms with Crippen LogP contribution in [-0.2, 0) is 14.3 Å². The van der Waals surface area contributed by atoms with E-state index < -0.39 is 12.1 Å². The Hall–Kier alpha value is -4.65. The van der Waals surface area contributed by atoms with Crippen LogP contribution >= 0.6 is 0 Å². The molecule has 7 rings (SSSR count). The third-order valence-corrected chi connectivity index (χ3v) is 9.50. The van der Waals surface area contributed by atoms with Crippen molar-refractivity contribution in [2.75, 3.05) is 4.90 Å². The monoisotopic (exact) mass is 572 g/mol. The average Bonchev–Trinajstić information content (AvgIpc) is 3.72. The molecule has 0 N–H and O–H groups in total. The Labute approximate surface area is 249 Å². The van der Waals surface area contributed by atoms with Crippen molar-refractivity contribution >= 4 is 40.2 Å². The number of rotatable bonds is 7. The SMILES string of the molecule is CC[C@H](OC(=O)c1cc(-c2ccc(N3C(=O)[C@@H]4[C@H]5CC[C@@H](C5)[C@@H]4C3=O)cc2)nc2ccc(C)cc12)C(=O)c1ccccc1. The van der Waals surface area contributed by atoms with Crippen molar-refractivity contribution in [3.8, 4) is 11.3 Å². The van der Waals surface area contributed by atoms with Crippen LogP contribution in [0, 0.1) is 30.6 Å². The summed E-state index contributed by atoms with van der Waals surface area (Å²) in [7, 11) is 0. The smallest absolute Gasteiger partial charge is 0.339 e. The Bertz CT molecular complexity index is 1750. The molecule has 43 heavy (non-hydrogen) atoms. The molecular weight excluding hydrogens is 540 g/mol. The van der Waals surface area contributed by atoms with Crippen LogP contribution in [0.5, 0.6) is 0 Å². The standard InChI is InChI=1S/C36H32N2O5/c1-3-30(33(39)22-7-5-4-6-8-22)43-36(42)27-19-29(37-28-16-9-20(2)17-26(27)28)21-12-14-25(15-13-21)38-34(40)31-23-10-11-24(18-23)32(31)35(38)41/h4-9,12-17,19,23-24,30-32H,3,10-11,18H2,1-2H3/t23-,24-,30-,31-,32+/m0/s1. The fourth-order valence-corrected chi connectivity index (χ4v) is 7.40. The molecule has 0 radical (unpaired) electrons. The zero-order chi connectivity index (χ0) is 29.8. The maximum atomic E-state index is 13.6. The molecule has 5 atom stereocenters. The number of aromatic nitrogens is 1. The molecule has 2 heterocycles. The van der Waals surface area contributed by atoms with E-state index in [0.717, 1.165) is 30.4 Å². The van der Waals surface area contributed by atoms with Gasteiger partial charge in [-0.2, -0.15) is 0 Å². The molecule has 1 aliphatic heterocycles. The number of nitrogens with zero attached hydrogens (tertiary/aromatic N) is 2. The first kappa shape index (κ1) is 27.2. The van der Waals surface area contributed by atoms with Gasteiger partial charge in [-0.3, -0.25) is 19.3 Å². The summed E-state index contributed by atoms with van der Waals surface area (Å²) in [5.74, 6) is -0.684. The van der Waals surface area contributed by atoms with E-state index in [9.17, 15) is 19.2 Å². The second kappa shape index (κ2) is 10.6. The molecule has 2 bridgehead atoms. The Morgan fingerprint density at radius 3 is 2.23 bits per heavy atom.